The summed E-state index contributed by atoms with van der Waals surface area (Å²) in [5, 5.41) is 5.13. The largest absolute Gasteiger partial charge is 0.350 e. The molecule has 0 bridgehead atoms. The number of fused-ring (bicyclic) bond motifs is 1. The van der Waals surface area contributed by atoms with E-state index in [2.05, 4.69) is 21.0 Å². The number of benzene rings is 1. The molecule has 0 amide bonds. The molecule has 0 aliphatic heterocycles. The lowest BCUT2D eigenvalue weighted by atomic mass is 9.88. The quantitative estimate of drug-likeness (QED) is 0.597. The first-order chi connectivity index (χ1) is 12.6. The first kappa shape index (κ1) is 17.2. The minimum atomic E-state index is -0.109. The molecular formula is C20H21BrN4O. The molecule has 134 valence electrons. The Morgan fingerprint density at radius 2 is 2.04 bits per heavy atom. The molecule has 6 heteroatoms. The highest BCUT2D eigenvalue weighted by Crippen LogP contribution is 2.32. The van der Waals surface area contributed by atoms with Gasteiger partial charge in [-0.25, -0.2) is 4.98 Å². The maximum absolute atomic E-state index is 13.2. The monoisotopic (exact) mass is 412 g/mol. The van der Waals surface area contributed by atoms with Gasteiger partial charge in [0, 0.05) is 23.6 Å². The summed E-state index contributed by atoms with van der Waals surface area (Å²) in [5.74, 6) is 1.07. The molecular weight excluding hydrogens is 392 g/mol. The van der Waals surface area contributed by atoms with Crippen molar-refractivity contribution in [3.05, 3.63) is 62.9 Å². The third kappa shape index (κ3) is 3.26. The standard InChI is InChI=1S/C20H21BrN4O/c1-24-11-5-8-16(24)13-22-25-19(14-6-3-2-4-7-14)23-18-10-9-15(21)12-17(18)20(25)26/h5,8-14H,2-4,6-7H2,1H3. The van der Waals surface area contributed by atoms with Crippen molar-refractivity contribution in [2.45, 2.75) is 38.0 Å². The number of hydrogen-bond acceptors (Lipinski definition) is 3. The molecule has 4 rings (SSSR count). The Bertz CT molecular complexity index is 1030. The Morgan fingerprint density at radius 1 is 1.23 bits per heavy atom. The van der Waals surface area contributed by atoms with Crippen molar-refractivity contribution in [3.63, 3.8) is 0 Å². The van der Waals surface area contributed by atoms with Crippen LogP contribution in [0.25, 0.3) is 10.9 Å². The zero-order valence-corrected chi connectivity index (χ0v) is 16.3. The van der Waals surface area contributed by atoms with E-state index in [1.54, 1.807) is 6.21 Å². The fraction of sp³-hybridized carbons (Fsp3) is 0.350. The molecule has 2 heterocycles. The first-order valence-corrected chi connectivity index (χ1v) is 9.80. The van der Waals surface area contributed by atoms with Crippen LogP contribution in [0.1, 0.15) is 49.5 Å². The lowest BCUT2D eigenvalue weighted by Crippen LogP contribution is -2.25. The van der Waals surface area contributed by atoms with Crippen LogP contribution in [-0.4, -0.2) is 20.4 Å². The van der Waals surface area contributed by atoms with Crippen molar-refractivity contribution in [3.8, 4) is 0 Å². The number of halogens is 1. The topological polar surface area (TPSA) is 52.2 Å². The molecule has 3 aromatic rings. The number of aromatic nitrogens is 3. The molecule has 0 N–H and O–H groups in total. The summed E-state index contributed by atoms with van der Waals surface area (Å²) in [7, 11) is 1.96. The van der Waals surface area contributed by atoms with Crippen molar-refractivity contribution < 1.29 is 0 Å². The second-order valence-electron chi connectivity index (χ2n) is 6.87. The van der Waals surface area contributed by atoms with Crippen LogP contribution in [-0.2, 0) is 7.05 Å². The third-order valence-corrected chi connectivity index (χ3v) is 5.59. The summed E-state index contributed by atoms with van der Waals surface area (Å²) < 4.78 is 4.35. The van der Waals surface area contributed by atoms with E-state index in [-0.39, 0.29) is 11.5 Å². The molecule has 2 aromatic heterocycles. The molecule has 1 saturated carbocycles. The van der Waals surface area contributed by atoms with E-state index in [9.17, 15) is 4.79 Å². The third-order valence-electron chi connectivity index (χ3n) is 5.09. The van der Waals surface area contributed by atoms with Crippen molar-refractivity contribution in [2.24, 2.45) is 12.1 Å². The van der Waals surface area contributed by atoms with Crippen molar-refractivity contribution >= 4 is 33.0 Å². The molecule has 5 nitrogen and oxygen atoms in total. The lowest BCUT2D eigenvalue weighted by Gasteiger charge is -2.22. The van der Waals surface area contributed by atoms with Crippen LogP contribution in [0.2, 0.25) is 0 Å². The molecule has 0 unspecified atom stereocenters. The SMILES string of the molecule is Cn1cccc1C=Nn1c(C2CCCCC2)nc2ccc(Br)cc2c1=O. The molecule has 1 aliphatic rings. The summed E-state index contributed by atoms with van der Waals surface area (Å²) in [6.45, 7) is 0. The van der Waals surface area contributed by atoms with Gasteiger partial charge < -0.3 is 4.57 Å². The van der Waals surface area contributed by atoms with Crippen molar-refractivity contribution in [1.82, 2.24) is 14.2 Å². The van der Waals surface area contributed by atoms with Crippen LogP contribution >= 0.6 is 15.9 Å². The second-order valence-corrected chi connectivity index (χ2v) is 7.79. The van der Waals surface area contributed by atoms with E-state index in [1.807, 2.05) is 48.1 Å². The van der Waals surface area contributed by atoms with Gasteiger partial charge in [0.2, 0.25) is 0 Å². The van der Waals surface area contributed by atoms with Crippen LogP contribution < -0.4 is 5.56 Å². The van der Waals surface area contributed by atoms with Gasteiger partial charge in [-0.15, -0.1) is 0 Å². The van der Waals surface area contributed by atoms with Gasteiger partial charge in [-0.1, -0.05) is 35.2 Å². The Hall–Kier alpha value is -2.21. The molecule has 1 aliphatic carbocycles. The van der Waals surface area contributed by atoms with E-state index in [1.165, 1.54) is 23.9 Å². The minimum absolute atomic E-state index is 0.109. The normalized spacial score (nSPS) is 15.9. The Labute approximate surface area is 160 Å². The number of hydrogen-bond donors (Lipinski definition) is 0. The first-order valence-electron chi connectivity index (χ1n) is 9.01. The maximum Gasteiger partial charge on any atom is 0.282 e. The van der Waals surface area contributed by atoms with Gasteiger partial charge in [-0.05, 0) is 43.2 Å². The summed E-state index contributed by atoms with van der Waals surface area (Å²) in [6, 6.07) is 9.58. The highest BCUT2D eigenvalue weighted by molar-refractivity contribution is 9.10. The van der Waals surface area contributed by atoms with Gasteiger partial charge >= 0.3 is 0 Å². The van der Waals surface area contributed by atoms with Gasteiger partial charge in [0.05, 0.1) is 22.8 Å². The predicted octanol–water partition coefficient (Wildman–Crippen LogP) is 4.43. The Balaban J connectivity index is 1.89. The average Bonchev–Trinajstić information content (AvgIpc) is 3.07. The van der Waals surface area contributed by atoms with Crippen LogP contribution in [0.15, 0.2) is 50.9 Å². The van der Waals surface area contributed by atoms with Crippen LogP contribution in [0, 0.1) is 0 Å². The van der Waals surface area contributed by atoms with E-state index in [0.29, 0.717) is 5.39 Å². The van der Waals surface area contributed by atoms with E-state index in [4.69, 9.17) is 4.98 Å². The average molecular weight is 413 g/mol. The minimum Gasteiger partial charge on any atom is -0.350 e. The smallest absolute Gasteiger partial charge is 0.282 e. The highest BCUT2D eigenvalue weighted by Gasteiger charge is 2.22. The summed E-state index contributed by atoms with van der Waals surface area (Å²) in [5.41, 5.74) is 1.58. The fourth-order valence-electron chi connectivity index (χ4n) is 3.63. The maximum atomic E-state index is 13.2. The van der Waals surface area contributed by atoms with E-state index < -0.39 is 0 Å². The Kier molecular flexibility index (Phi) is 4.76. The second kappa shape index (κ2) is 7.19. The van der Waals surface area contributed by atoms with Gasteiger partial charge in [0.25, 0.3) is 5.56 Å². The van der Waals surface area contributed by atoms with Gasteiger partial charge in [-0.2, -0.15) is 9.78 Å². The Morgan fingerprint density at radius 3 is 2.77 bits per heavy atom. The fourth-order valence-corrected chi connectivity index (χ4v) is 3.99. The summed E-state index contributed by atoms with van der Waals surface area (Å²) in [6.07, 6.45) is 9.44. The van der Waals surface area contributed by atoms with Gasteiger partial charge in [0.15, 0.2) is 0 Å². The lowest BCUT2D eigenvalue weighted by molar-refractivity contribution is 0.416. The molecule has 0 radical (unpaired) electrons. The van der Waals surface area contributed by atoms with Crippen molar-refractivity contribution in [2.75, 3.05) is 0 Å². The molecule has 26 heavy (non-hydrogen) atoms. The summed E-state index contributed by atoms with van der Waals surface area (Å²) in [4.78, 5) is 18.0. The molecule has 0 saturated heterocycles. The van der Waals surface area contributed by atoms with Gasteiger partial charge in [-0.3, -0.25) is 4.79 Å². The molecule has 1 fully saturated rings. The van der Waals surface area contributed by atoms with Crippen LogP contribution in [0.3, 0.4) is 0 Å². The summed E-state index contributed by atoms with van der Waals surface area (Å²) >= 11 is 3.45. The number of aryl methyl sites for hydroxylation is 1. The van der Waals surface area contributed by atoms with Crippen LogP contribution in [0.5, 0.6) is 0 Å². The van der Waals surface area contributed by atoms with E-state index >= 15 is 0 Å². The van der Waals surface area contributed by atoms with Gasteiger partial charge in [0.1, 0.15) is 5.82 Å². The van der Waals surface area contributed by atoms with E-state index in [0.717, 1.165) is 34.3 Å². The zero-order valence-electron chi connectivity index (χ0n) is 14.7. The predicted molar refractivity (Wildman–Crippen MR) is 108 cm³/mol. The number of rotatable bonds is 3. The van der Waals surface area contributed by atoms with Crippen molar-refractivity contribution in [1.29, 1.82) is 0 Å². The number of nitrogens with zero attached hydrogens (tertiary/aromatic N) is 4. The zero-order chi connectivity index (χ0) is 18.1. The highest BCUT2D eigenvalue weighted by atomic mass is 79.9. The van der Waals surface area contributed by atoms with Crippen LogP contribution in [0.4, 0.5) is 0 Å². The molecule has 1 aromatic carbocycles. The molecule has 0 atom stereocenters. The molecule has 0 spiro atoms.